The molecule has 0 aromatic rings. The summed E-state index contributed by atoms with van der Waals surface area (Å²) in [6.45, 7) is 14.3. The zero-order chi connectivity index (χ0) is 12.0. The van der Waals surface area contributed by atoms with Gasteiger partial charge in [0.2, 0.25) is 0 Å². The van der Waals surface area contributed by atoms with Crippen LogP contribution in [0.4, 0.5) is 0 Å². The molecular weight excluding hydrogens is 200 g/mol. The molecule has 0 spiro atoms. The predicted octanol–water partition coefficient (Wildman–Crippen LogP) is 1.73. The second kappa shape index (κ2) is 7.25. The lowest BCUT2D eigenvalue weighted by Gasteiger charge is -2.34. The summed E-state index contributed by atoms with van der Waals surface area (Å²) in [7, 11) is 0. The van der Waals surface area contributed by atoms with E-state index < -0.39 is 0 Å². The zero-order valence-electron chi connectivity index (χ0n) is 11.3. The van der Waals surface area contributed by atoms with Crippen LogP contribution < -0.4 is 5.32 Å². The molecule has 3 heteroatoms. The Bertz CT molecular complexity index is 179. The molecule has 1 heterocycles. The summed E-state index contributed by atoms with van der Waals surface area (Å²) < 4.78 is 5.38. The van der Waals surface area contributed by atoms with E-state index in [0.29, 0.717) is 18.0 Å². The van der Waals surface area contributed by atoms with Gasteiger partial charge in [-0.1, -0.05) is 20.8 Å². The number of ether oxygens (including phenoxy) is 1. The van der Waals surface area contributed by atoms with Crippen molar-refractivity contribution >= 4 is 0 Å². The van der Waals surface area contributed by atoms with Crippen LogP contribution in [0.25, 0.3) is 0 Å². The molecule has 16 heavy (non-hydrogen) atoms. The maximum atomic E-state index is 5.38. The topological polar surface area (TPSA) is 24.5 Å². The fourth-order valence-electron chi connectivity index (χ4n) is 2.00. The third kappa shape index (κ3) is 4.81. The second-order valence-electron chi connectivity index (χ2n) is 5.24. The van der Waals surface area contributed by atoms with Crippen LogP contribution in [0.2, 0.25) is 0 Å². The third-order valence-corrected chi connectivity index (χ3v) is 3.47. The van der Waals surface area contributed by atoms with Gasteiger partial charge in [0.1, 0.15) is 0 Å². The van der Waals surface area contributed by atoms with Gasteiger partial charge in [0.05, 0.1) is 13.2 Å². The Morgan fingerprint density at radius 2 is 1.81 bits per heavy atom. The van der Waals surface area contributed by atoms with Gasteiger partial charge in [0.15, 0.2) is 0 Å². The summed E-state index contributed by atoms with van der Waals surface area (Å²) in [4.78, 5) is 2.52. The molecule has 0 radical (unpaired) electrons. The highest BCUT2D eigenvalue weighted by Crippen LogP contribution is 2.08. The van der Waals surface area contributed by atoms with E-state index in [4.69, 9.17) is 4.74 Å². The minimum Gasteiger partial charge on any atom is -0.379 e. The lowest BCUT2D eigenvalue weighted by atomic mass is 10.0. The summed E-state index contributed by atoms with van der Waals surface area (Å²) in [6, 6.07) is 1.22. The molecule has 1 rings (SSSR count). The van der Waals surface area contributed by atoms with Crippen LogP contribution in [-0.4, -0.2) is 49.8 Å². The van der Waals surface area contributed by atoms with E-state index in [1.165, 1.54) is 6.42 Å². The van der Waals surface area contributed by atoms with Crippen LogP contribution in [-0.2, 0) is 4.74 Å². The van der Waals surface area contributed by atoms with Crippen LogP contribution in [0.1, 0.15) is 34.1 Å². The molecule has 0 bridgehead atoms. The molecule has 0 amide bonds. The van der Waals surface area contributed by atoms with Crippen molar-refractivity contribution in [3.05, 3.63) is 0 Å². The third-order valence-electron chi connectivity index (χ3n) is 3.47. The average molecular weight is 228 g/mol. The normalized spacial score (nSPS) is 22.3. The molecule has 0 aromatic carbocycles. The van der Waals surface area contributed by atoms with Crippen LogP contribution in [0.5, 0.6) is 0 Å². The highest BCUT2D eigenvalue weighted by Gasteiger charge is 2.20. The van der Waals surface area contributed by atoms with E-state index in [9.17, 15) is 0 Å². The van der Waals surface area contributed by atoms with Gasteiger partial charge in [0, 0.05) is 31.7 Å². The lowest BCUT2D eigenvalue weighted by Crippen LogP contribution is -2.50. The Labute approximate surface area is 101 Å². The first-order valence-electron chi connectivity index (χ1n) is 6.69. The van der Waals surface area contributed by atoms with E-state index in [0.717, 1.165) is 32.8 Å². The molecule has 0 aliphatic carbocycles. The molecule has 1 N–H and O–H groups in total. The molecule has 2 atom stereocenters. The Morgan fingerprint density at radius 3 is 2.31 bits per heavy atom. The van der Waals surface area contributed by atoms with Gasteiger partial charge in [-0.25, -0.2) is 0 Å². The van der Waals surface area contributed by atoms with E-state index in [-0.39, 0.29) is 0 Å². The Hall–Kier alpha value is -0.120. The molecule has 2 unspecified atom stereocenters. The number of hydrogen-bond donors (Lipinski definition) is 1. The number of hydrogen-bond acceptors (Lipinski definition) is 3. The minimum atomic E-state index is 0.605. The van der Waals surface area contributed by atoms with E-state index in [1.54, 1.807) is 0 Å². The first kappa shape index (κ1) is 13.9. The Balaban J connectivity index is 2.37. The monoisotopic (exact) mass is 228 g/mol. The first-order chi connectivity index (χ1) is 7.63. The van der Waals surface area contributed by atoms with Gasteiger partial charge in [0.25, 0.3) is 0 Å². The molecule has 1 fully saturated rings. The van der Waals surface area contributed by atoms with E-state index >= 15 is 0 Å². The van der Waals surface area contributed by atoms with Crippen LogP contribution in [0.15, 0.2) is 0 Å². The van der Waals surface area contributed by atoms with Crippen molar-refractivity contribution in [2.45, 2.75) is 46.2 Å². The molecule has 3 nitrogen and oxygen atoms in total. The van der Waals surface area contributed by atoms with Crippen molar-refractivity contribution in [2.24, 2.45) is 5.92 Å². The van der Waals surface area contributed by atoms with Crippen LogP contribution in [0.3, 0.4) is 0 Å². The van der Waals surface area contributed by atoms with E-state index in [2.05, 4.69) is 37.9 Å². The highest BCUT2D eigenvalue weighted by molar-refractivity contribution is 4.78. The van der Waals surface area contributed by atoms with Crippen molar-refractivity contribution < 1.29 is 4.74 Å². The average Bonchev–Trinajstić information content (AvgIpc) is 2.29. The summed E-state index contributed by atoms with van der Waals surface area (Å²) >= 11 is 0. The molecule has 1 aliphatic rings. The number of nitrogens with one attached hydrogen (secondary N) is 1. The molecule has 1 saturated heterocycles. The summed E-state index contributed by atoms with van der Waals surface area (Å²) in [6.07, 6.45) is 1.20. The summed E-state index contributed by atoms with van der Waals surface area (Å²) in [5.41, 5.74) is 0. The fraction of sp³-hybridized carbons (Fsp3) is 1.00. The molecular formula is C13H28N2O. The van der Waals surface area contributed by atoms with Gasteiger partial charge in [-0.05, 0) is 19.3 Å². The van der Waals surface area contributed by atoms with Gasteiger partial charge < -0.3 is 10.1 Å². The number of nitrogens with zero attached hydrogens (tertiary/aromatic N) is 1. The first-order valence-corrected chi connectivity index (χ1v) is 6.69. The van der Waals surface area contributed by atoms with Crippen molar-refractivity contribution in [3.8, 4) is 0 Å². The zero-order valence-corrected chi connectivity index (χ0v) is 11.3. The van der Waals surface area contributed by atoms with Gasteiger partial charge in [-0.3, -0.25) is 4.90 Å². The van der Waals surface area contributed by atoms with Gasteiger partial charge >= 0.3 is 0 Å². The van der Waals surface area contributed by atoms with Crippen molar-refractivity contribution in [2.75, 3.05) is 32.8 Å². The molecule has 1 aliphatic heterocycles. The largest absolute Gasteiger partial charge is 0.379 e. The maximum absolute atomic E-state index is 5.38. The van der Waals surface area contributed by atoms with Crippen molar-refractivity contribution in [1.29, 1.82) is 0 Å². The predicted molar refractivity (Wildman–Crippen MR) is 68.8 cm³/mol. The molecule has 0 saturated carbocycles. The van der Waals surface area contributed by atoms with Gasteiger partial charge in [-0.2, -0.15) is 0 Å². The second-order valence-corrected chi connectivity index (χ2v) is 5.24. The van der Waals surface area contributed by atoms with Crippen LogP contribution in [0, 0.1) is 5.92 Å². The van der Waals surface area contributed by atoms with Crippen molar-refractivity contribution in [3.63, 3.8) is 0 Å². The number of morpholine rings is 1. The molecule has 0 aromatic heterocycles. The van der Waals surface area contributed by atoms with Crippen LogP contribution >= 0.6 is 0 Å². The Morgan fingerprint density at radius 1 is 1.19 bits per heavy atom. The number of rotatable bonds is 6. The lowest BCUT2D eigenvalue weighted by molar-refractivity contribution is 0.0303. The SMILES string of the molecule is CCC(C)NC(CN1CCOCC1)C(C)C. The smallest absolute Gasteiger partial charge is 0.0594 e. The minimum absolute atomic E-state index is 0.605. The summed E-state index contributed by atoms with van der Waals surface area (Å²) in [5, 5.41) is 3.73. The highest BCUT2D eigenvalue weighted by atomic mass is 16.5. The maximum Gasteiger partial charge on any atom is 0.0594 e. The standard InChI is InChI=1S/C13H28N2O/c1-5-12(4)14-13(11(2)3)10-15-6-8-16-9-7-15/h11-14H,5-10H2,1-4H3. The fourth-order valence-corrected chi connectivity index (χ4v) is 2.00. The van der Waals surface area contributed by atoms with E-state index in [1.807, 2.05) is 0 Å². The quantitative estimate of drug-likeness (QED) is 0.749. The Kier molecular flexibility index (Phi) is 6.32. The molecule has 96 valence electrons. The summed E-state index contributed by atoms with van der Waals surface area (Å²) in [5.74, 6) is 0.692. The van der Waals surface area contributed by atoms with Gasteiger partial charge in [-0.15, -0.1) is 0 Å². The van der Waals surface area contributed by atoms with Crippen molar-refractivity contribution in [1.82, 2.24) is 10.2 Å².